The van der Waals surface area contributed by atoms with Crippen molar-refractivity contribution in [2.75, 3.05) is 5.32 Å². The molecule has 0 aliphatic carbocycles. The largest absolute Gasteiger partial charge is 0.364 e. The van der Waals surface area contributed by atoms with Crippen molar-refractivity contribution in [1.82, 2.24) is 15.0 Å². The highest BCUT2D eigenvalue weighted by molar-refractivity contribution is 5.50. The van der Waals surface area contributed by atoms with E-state index < -0.39 is 4.92 Å². The van der Waals surface area contributed by atoms with E-state index in [0.717, 1.165) is 5.69 Å². The fourth-order valence-electron chi connectivity index (χ4n) is 1.38. The van der Waals surface area contributed by atoms with Gasteiger partial charge in [0.15, 0.2) is 0 Å². The summed E-state index contributed by atoms with van der Waals surface area (Å²) in [5.74, 6) is 0.376. The molecule has 0 amide bonds. The lowest BCUT2D eigenvalue weighted by Crippen LogP contribution is -2.05. The zero-order valence-corrected chi connectivity index (χ0v) is 9.65. The van der Waals surface area contributed by atoms with Crippen molar-refractivity contribution in [3.05, 3.63) is 52.2 Å². The average molecular weight is 256 g/mol. The van der Waals surface area contributed by atoms with Crippen molar-refractivity contribution in [2.45, 2.75) is 6.54 Å². The molecule has 0 aliphatic heterocycles. The number of rotatable bonds is 4. The second kappa shape index (κ2) is 5.50. The SMILES string of the molecule is N#Cc1nc(NCc2ccncn2)ccc1[N+](=O)[O-]. The molecule has 8 nitrogen and oxygen atoms in total. The smallest absolute Gasteiger partial charge is 0.305 e. The Labute approximate surface area is 107 Å². The number of hydrogen-bond acceptors (Lipinski definition) is 7. The van der Waals surface area contributed by atoms with Crippen molar-refractivity contribution in [1.29, 1.82) is 5.26 Å². The van der Waals surface area contributed by atoms with Crippen LogP contribution in [0.3, 0.4) is 0 Å². The van der Waals surface area contributed by atoms with Crippen LogP contribution in [-0.4, -0.2) is 19.9 Å². The first kappa shape index (κ1) is 12.4. The summed E-state index contributed by atoms with van der Waals surface area (Å²) in [6, 6.07) is 6.11. The zero-order valence-electron chi connectivity index (χ0n) is 9.65. The van der Waals surface area contributed by atoms with Gasteiger partial charge in [0.25, 0.3) is 0 Å². The third kappa shape index (κ3) is 2.98. The third-order valence-corrected chi connectivity index (χ3v) is 2.27. The molecule has 1 N–H and O–H groups in total. The van der Waals surface area contributed by atoms with Crippen LogP contribution in [-0.2, 0) is 6.54 Å². The Hall–Kier alpha value is -3.08. The molecule has 0 aromatic carbocycles. The molecule has 0 saturated heterocycles. The predicted molar refractivity (Wildman–Crippen MR) is 65.0 cm³/mol. The number of nitro groups is 1. The molecule has 0 saturated carbocycles. The minimum atomic E-state index is -0.639. The minimum absolute atomic E-state index is 0.224. The normalized spacial score (nSPS) is 9.63. The van der Waals surface area contributed by atoms with Gasteiger partial charge in [0.1, 0.15) is 18.2 Å². The van der Waals surface area contributed by atoms with E-state index in [1.165, 1.54) is 18.5 Å². The molecule has 0 fully saturated rings. The molecule has 19 heavy (non-hydrogen) atoms. The maximum atomic E-state index is 10.6. The van der Waals surface area contributed by atoms with Crippen LogP contribution in [0.25, 0.3) is 0 Å². The molecule has 8 heteroatoms. The van der Waals surface area contributed by atoms with E-state index in [1.807, 2.05) is 0 Å². The molecule has 0 bridgehead atoms. The summed E-state index contributed by atoms with van der Waals surface area (Å²) in [7, 11) is 0. The van der Waals surface area contributed by atoms with E-state index in [9.17, 15) is 10.1 Å². The van der Waals surface area contributed by atoms with Gasteiger partial charge in [-0.1, -0.05) is 0 Å². The third-order valence-electron chi connectivity index (χ3n) is 2.27. The van der Waals surface area contributed by atoms with Crippen molar-refractivity contribution >= 4 is 11.5 Å². The summed E-state index contributed by atoms with van der Waals surface area (Å²) in [6.07, 6.45) is 3.02. The Morgan fingerprint density at radius 2 is 2.26 bits per heavy atom. The van der Waals surface area contributed by atoms with Gasteiger partial charge in [0, 0.05) is 12.3 Å². The minimum Gasteiger partial charge on any atom is -0.364 e. The van der Waals surface area contributed by atoms with E-state index in [0.29, 0.717) is 12.4 Å². The van der Waals surface area contributed by atoms with Gasteiger partial charge < -0.3 is 5.32 Å². The Bertz CT molecular complexity index is 637. The number of aromatic nitrogens is 3. The van der Waals surface area contributed by atoms with E-state index in [4.69, 9.17) is 5.26 Å². The molecule has 2 aromatic rings. The van der Waals surface area contributed by atoms with Gasteiger partial charge in [0.05, 0.1) is 17.2 Å². The standard InChI is InChI=1S/C11H8N6O2/c12-5-9-10(17(18)19)1-2-11(16-9)14-6-8-3-4-13-7-15-8/h1-4,7H,6H2,(H,14,16). The van der Waals surface area contributed by atoms with Crippen LogP contribution in [0.4, 0.5) is 11.5 Å². The first-order valence-electron chi connectivity index (χ1n) is 5.25. The molecule has 94 valence electrons. The van der Waals surface area contributed by atoms with E-state index >= 15 is 0 Å². The molecule has 2 rings (SSSR count). The maximum Gasteiger partial charge on any atom is 0.305 e. The van der Waals surface area contributed by atoms with Gasteiger partial charge in [-0.15, -0.1) is 0 Å². The topological polar surface area (TPSA) is 118 Å². The van der Waals surface area contributed by atoms with E-state index in [2.05, 4.69) is 20.3 Å². The summed E-state index contributed by atoms with van der Waals surface area (Å²) in [4.78, 5) is 21.7. The number of anilines is 1. The summed E-state index contributed by atoms with van der Waals surface area (Å²) < 4.78 is 0. The van der Waals surface area contributed by atoms with Crippen molar-refractivity contribution in [2.24, 2.45) is 0 Å². The van der Waals surface area contributed by atoms with Crippen LogP contribution in [0, 0.1) is 21.4 Å². The van der Waals surface area contributed by atoms with E-state index in [1.54, 1.807) is 18.3 Å². The molecular formula is C11H8N6O2. The van der Waals surface area contributed by atoms with Gasteiger partial charge in [-0.05, 0) is 12.1 Å². The Morgan fingerprint density at radius 3 is 2.89 bits per heavy atom. The average Bonchev–Trinajstić information content (AvgIpc) is 2.45. The van der Waals surface area contributed by atoms with Crippen LogP contribution >= 0.6 is 0 Å². The highest BCUT2D eigenvalue weighted by Crippen LogP contribution is 2.18. The van der Waals surface area contributed by atoms with Crippen LogP contribution in [0.1, 0.15) is 11.4 Å². The first-order valence-corrected chi connectivity index (χ1v) is 5.25. The Balaban J connectivity index is 2.14. The van der Waals surface area contributed by atoms with Crippen LogP contribution in [0.5, 0.6) is 0 Å². The van der Waals surface area contributed by atoms with Gasteiger partial charge in [-0.3, -0.25) is 10.1 Å². The molecule has 2 heterocycles. The van der Waals surface area contributed by atoms with Crippen LogP contribution < -0.4 is 5.32 Å². The summed E-state index contributed by atoms with van der Waals surface area (Å²) in [5.41, 5.74) is 0.210. The number of hydrogen-bond donors (Lipinski definition) is 1. The molecule has 0 spiro atoms. The highest BCUT2D eigenvalue weighted by Gasteiger charge is 2.15. The second-order valence-corrected chi connectivity index (χ2v) is 3.49. The lowest BCUT2D eigenvalue weighted by Gasteiger charge is -2.04. The number of nitriles is 1. The fourth-order valence-corrected chi connectivity index (χ4v) is 1.38. The molecule has 2 aromatic heterocycles. The molecule has 0 atom stereocenters. The van der Waals surface area contributed by atoms with Crippen molar-refractivity contribution < 1.29 is 4.92 Å². The maximum absolute atomic E-state index is 10.6. The summed E-state index contributed by atoms with van der Waals surface area (Å²) >= 11 is 0. The quantitative estimate of drug-likeness (QED) is 0.646. The number of pyridine rings is 1. The van der Waals surface area contributed by atoms with E-state index in [-0.39, 0.29) is 11.4 Å². The van der Waals surface area contributed by atoms with Gasteiger partial charge in [0.2, 0.25) is 5.69 Å². The predicted octanol–water partition coefficient (Wildman–Crippen LogP) is 1.26. The molecular weight excluding hydrogens is 248 g/mol. The summed E-state index contributed by atoms with van der Waals surface area (Å²) in [5, 5.41) is 22.4. The molecule has 0 radical (unpaired) electrons. The van der Waals surface area contributed by atoms with Crippen molar-refractivity contribution in [3.8, 4) is 6.07 Å². The molecule has 0 unspecified atom stereocenters. The number of nitrogens with one attached hydrogen (secondary N) is 1. The first-order chi connectivity index (χ1) is 9.20. The molecule has 0 aliphatic rings. The summed E-state index contributed by atoms with van der Waals surface area (Å²) in [6.45, 7) is 0.387. The highest BCUT2D eigenvalue weighted by atomic mass is 16.6. The van der Waals surface area contributed by atoms with Crippen molar-refractivity contribution in [3.63, 3.8) is 0 Å². The fraction of sp³-hybridized carbons (Fsp3) is 0.0909. The van der Waals surface area contributed by atoms with Crippen LogP contribution in [0.15, 0.2) is 30.7 Å². The Kier molecular flexibility index (Phi) is 3.59. The Morgan fingerprint density at radius 1 is 1.42 bits per heavy atom. The lowest BCUT2D eigenvalue weighted by molar-refractivity contribution is -0.385. The monoisotopic (exact) mass is 256 g/mol. The van der Waals surface area contributed by atoms with Gasteiger partial charge in [-0.25, -0.2) is 15.0 Å². The van der Waals surface area contributed by atoms with Gasteiger partial charge in [-0.2, -0.15) is 5.26 Å². The second-order valence-electron chi connectivity index (χ2n) is 3.49. The lowest BCUT2D eigenvalue weighted by atomic mass is 10.3. The van der Waals surface area contributed by atoms with Gasteiger partial charge >= 0.3 is 5.69 Å². The van der Waals surface area contributed by atoms with Crippen LogP contribution in [0.2, 0.25) is 0 Å². The zero-order chi connectivity index (χ0) is 13.7. The number of nitrogens with zero attached hydrogens (tertiary/aromatic N) is 5.